The number of aliphatic hydroxyl groups is 1. The molecule has 3 aromatic rings. The van der Waals surface area contributed by atoms with Gasteiger partial charge < -0.3 is 15.4 Å². The van der Waals surface area contributed by atoms with Crippen molar-refractivity contribution >= 4 is 10.9 Å². The number of aromatic nitrogens is 1. The molecule has 0 bridgehead atoms. The van der Waals surface area contributed by atoms with Crippen molar-refractivity contribution in [3.05, 3.63) is 81.9 Å². The minimum Gasteiger partial charge on any atom is -0.384 e. The van der Waals surface area contributed by atoms with Gasteiger partial charge in [-0.15, -0.1) is 0 Å². The molecule has 0 saturated carbocycles. The third-order valence-electron chi connectivity index (χ3n) is 4.08. The van der Waals surface area contributed by atoms with Crippen LogP contribution in [-0.4, -0.2) is 16.6 Å². The highest BCUT2D eigenvalue weighted by Crippen LogP contribution is 2.20. The van der Waals surface area contributed by atoms with Gasteiger partial charge in [-0.25, -0.2) is 4.39 Å². The largest absolute Gasteiger partial charge is 0.384 e. The van der Waals surface area contributed by atoms with E-state index in [4.69, 9.17) is 0 Å². The van der Waals surface area contributed by atoms with Crippen LogP contribution >= 0.6 is 0 Å². The van der Waals surface area contributed by atoms with Gasteiger partial charge in [0.1, 0.15) is 5.82 Å². The number of nitrogens with one attached hydrogen (secondary N) is 2. The molecule has 0 saturated heterocycles. The summed E-state index contributed by atoms with van der Waals surface area (Å²) in [5, 5.41) is 14.6. The fourth-order valence-corrected chi connectivity index (χ4v) is 2.68. The average Bonchev–Trinajstić information content (AvgIpc) is 2.55. The van der Waals surface area contributed by atoms with Crippen molar-refractivity contribution in [1.29, 1.82) is 0 Å². The maximum atomic E-state index is 13.0. The molecule has 1 heterocycles. The summed E-state index contributed by atoms with van der Waals surface area (Å²) >= 11 is 0. The molecule has 1 atom stereocenters. The quantitative estimate of drug-likeness (QED) is 0.675. The Balaban J connectivity index is 1.70. The molecule has 24 heavy (non-hydrogen) atoms. The van der Waals surface area contributed by atoms with Crippen LogP contribution in [0, 0.1) is 5.82 Å². The van der Waals surface area contributed by atoms with Crippen molar-refractivity contribution in [2.45, 2.75) is 19.1 Å². The molecule has 5 heteroatoms. The van der Waals surface area contributed by atoms with Gasteiger partial charge in [0.25, 0.3) is 5.56 Å². The van der Waals surface area contributed by atoms with Crippen LogP contribution in [0.25, 0.3) is 10.9 Å². The number of aromatic amines is 1. The molecule has 0 aliphatic rings. The molecule has 4 nitrogen and oxygen atoms in total. The molecule has 2 aromatic carbocycles. The van der Waals surface area contributed by atoms with Gasteiger partial charge in [-0.2, -0.15) is 0 Å². The Morgan fingerprint density at radius 2 is 1.88 bits per heavy atom. The normalized spacial score (nSPS) is 13.8. The summed E-state index contributed by atoms with van der Waals surface area (Å²) < 4.78 is 13.0. The highest BCUT2D eigenvalue weighted by atomic mass is 19.1. The maximum absolute atomic E-state index is 13.0. The van der Waals surface area contributed by atoms with Gasteiger partial charge >= 0.3 is 0 Å². The van der Waals surface area contributed by atoms with Gasteiger partial charge in [0.05, 0.1) is 5.60 Å². The number of pyridine rings is 1. The van der Waals surface area contributed by atoms with Crippen LogP contribution in [0.15, 0.2) is 59.4 Å². The molecule has 0 spiro atoms. The lowest BCUT2D eigenvalue weighted by atomic mass is 9.96. The lowest BCUT2D eigenvalue weighted by Gasteiger charge is -2.24. The van der Waals surface area contributed by atoms with Crippen molar-refractivity contribution in [2.75, 3.05) is 6.54 Å². The van der Waals surface area contributed by atoms with Crippen LogP contribution in [0.1, 0.15) is 18.1 Å². The molecule has 0 radical (unpaired) electrons. The number of rotatable bonds is 5. The van der Waals surface area contributed by atoms with E-state index in [1.165, 1.54) is 12.1 Å². The van der Waals surface area contributed by atoms with E-state index in [1.807, 2.05) is 30.3 Å². The molecule has 0 amide bonds. The van der Waals surface area contributed by atoms with E-state index in [0.29, 0.717) is 17.7 Å². The standard InChI is InChI=1S/C19H19FN2O2/c1-19(24,15-6-8-16(20)9-7-15)12-21-11-14-10-13-4-2-3-5-17(13)22-18(14)23/h2-10,21,24H,11-12H2,1H3,(H,22,23). The van der Waals surface area contributed by atoms with Crippen molar-refractivity contribution in [3.8, 4) is 0 Å². The lowest BCUT2D eigenvalue weighted by Crippen LogP contribution is -2.36. The van der Waals surface area contributed by atoms with Crippen molar-refractivity contribution in [2.24, 2.45) is 0 Å². The van der Waals surface area contributed by atoms with Crippen LogP contribution in [0.4, 0.5) is 4.39 Å². The molecule has 1 unspecified atom stereocenters. The minimum absolute atomic E-state index is 0.150. The topological polar surface area (TPSA) is 65.1 Å². The van der Waals surface area contributed by atoms with Gasteiger partial charge in [-0.1, -0.05) is 30.3 Å². The van der Waals surface area contributed by atoms with Crippen LogP contribution in [0.5, 0.6) is 0 Å². The van der Waals surface area contributed by atoms with E-state index in [0.717, 1.165) is 10.9 Å². The average molecular weight is 326 g/mol. The molecule has 3 N–H and O–H groups in total. The second-order valence-corrected chi connectivity index (χ2v) is 6.10. The number of hydrogen-bond acceptors (Lipinski definition) is 3. The Morgan fingerprint density at radius 1 is 1.17 bits per heavy atom. The van der Waals surface area contributed by atoms with E-state index in [-0.39, 0.29) is 17.9 Å². The van der Waals surface area contributed by atoms with Crippen molar-refractivity contribution < 1.29 is 9.50 Å². The first-order valence-corrected chi connectivity index (χ1v) is 7.76. The van der Waals surface area contributed by atoms with E-state index < -0.39 is 5.60 Å². The molecular formula is C19H19FN2O2. The molecule has 3 rings (SSSR count). The van der Waals surface area contributed by atoms with Crippen LogP contribution in [0.3, 0.4) is 0 Å². The van der Waals surface area contributed by atoms with E-state index >= 15 is 0 Å². The number of H-pyrrole nitrogens is 1. The number of benzene rings is 2. The fourth-order valence-electron chi connectivity index (χ4n) is 2.68. The van der Waals surface area contributed by atoms with Crippen molar-refractivity contribution in [1.82, 2.24) is 10.3 Å². The molecule has 0 fully saturated rings. The Bertz CT molecular complexity index is 901. The van der Waals surface area contributed by atoms with Gasteiger partial charge in [0.15, 0.2) is 0 Å². The second kappa shape index (κ2) is 6.55. The minimum atomic E-state index is -1.16. The number of hydrogen-bond donors (Lipinski definition) is 3. The first kappa shape index (κ1) is 16.4. The summed E-state index contributed by atoms with van der Waals surface area (Å²) in [5.74, 6) is -0.342. The van der Waals surface area contributed by atoms with Gasteiger partial charge in [-0.05, 0) is 42.1 Å². The molecule has 1 aromatic heterocycles. The third kappa shape index (κ3) is 3.53. The predicted molar refractivity (Wildman–Crippen MR) is 92.2 cm³/mol. The summed E-state index contributed by atoms with van der Waals surface area (Å²) in [6.07, 6.45) is 0. The molecule has 0 aliphatic heterocycles. The van der Waals surface area contributed by atoms with E-state index in [1.54, 1.807) is 19.1 Å². The summed E-state index contributed by atoms with van der Waals surface area (Å²) in [5.41, 5.74) is 0.705. The SMILES string of the molecule is CC(O)(CNCc1cc2ccccc2[nH]c1=O)c1ccc(F)cc1. The van der Waals surface area contributed by atoms with Gasteiger partial charge in [0, 0.05) is 24.2 Å². The fraction of sp³-hybridized carbons (Fsp3) is 0.211. The summed E-state index contributed by atoms with van der Waals surface area (Å²) in [4.78, 5) is 14.9. The Hall–Kier alpha value is -2.50. The van der Waals surface area contributed by atoms with Crippen molar-refractivity contribution in [3.63, 3.8) is 0 Å². The first-order valence-electron chi connectivity index (χ1n) is 7.76. The Kier molecular flexibility index (Phi) is 4.46. The number of halogens is 1. The summed E-state index contributed by atoms with van der Waals surface area (Å²) in [7, 11) is 0. The maximum Gasteiger partial charge on any atom is 0.252 e. The Morgan fingerprint density at radius 3 is 2.62 bits per heavy atom. The smallest absolute Gasteiger partial charge is 0.252 e. The first-order chi connectivity index (χ1) is 11.5. The highest BCUT2D eigenvalue weighted by Gasteiger charge is 2.22. The third-order valence-corrected chi connectivity index (χ3v) is 4.08. The molecule has 0 aliphatic carbocycles. The summed E-state index contributed by atoms with van der Waals surface area (Å²) in [6, 6.07) is 15.2. The lowest BCUT2D eigenvalue weighted by molar-refractivity contribution is 0.0566. The zero-order valence-corrected chi connectivity index (χ0v) is 13.3. The predicted octanol–water partition coefficient (Wildman–Crippen LogP) is 2.66. The zero-order valence-electron chi connectivity index (χ0n) is 13.3. The second-order valence-electron chi connectivity index (χ2n) is 6.10. The summed E-state index contributed by atoms with van der Waals surface area (Å²) in [6.45, 7) is 2.22. The molecule has 124 valence electrons. The van der Waals surface area contributed by atoms with Crippen LogP contribution < -0.4 is 10.9 Å². The highest BCUT2D eigenvalue weighted by molar-refractivity contribution is 5.78. The number of fused-ring (bicyclic) bond motifs is 1. The number of para-hydroxylation sites is 1. The van der Waals surface area contributed by atoms with Gasteiger partial charge in [-0.3, -0.25) is 4.79 Å². The van der Waals surface area contributed by atoms with E-state index in [9.17, 15) is 14.3 Å². The zero-order chi connectivity index (χ0) is 17.2. The van der Waals surface area contributed by atoms with Gasteiger partial charge in [0.2, 0.25) is 0 Å². The van der Waals surface area contributed by atoms with Crippen LogP contribution in [0.2, 0.25) is 0 Å². The Labute approximate surface area is 139 Å². The van der Waals surface area contributed by atoms with E-state index in [2.05, 4.69) is 10.3 Å². The molecular weight excluding hydrogens is 307 g/mol. The van der Waals surface area contributed by atoms with Crippen LogP contribution in [-0.2, 0) is 12.1 Å². The monoisotopic (exact) mass is 326 g/mol.